The Balaban J connectivity index is 2.97. The molecule has 2 nitrogen and oxygen atoms in total. The predicted octanol–water partition coefficient (Wildman–Crippen LogP) is 0.666. The average Bonchev–Trinajstić information content (AvgIpc) is 1.61. The fourth-order valence-electron chi connectivity index (χ4n) is 0.237. The first-order valence-electron chi connectivity index (χ1n) is 2.19. The van der Waals surface area contributed by atoms with E-state index < -0.39 is 0 Å². The molecule has 0 fully saturated rings. The van der Waals surface area contributed by atoms with Crippen LogP contribution in [0, 0.1) is 0 Å². The van der Waals surface area contributed by atoms with Gasteiger partial charge in [-0.05, 0) is 13.6 Å². The summed E-state index contributed by atoms with van der Waals surface area (Å²) in [5, 5.41) is 0. The summed E-state index contributed by atoms with van der Waals surface area (Å²) in [5.41, 5.74) is 0. The molecule has 0 aliphatic heterocycles. The molecule has 0 saturated heterocycles. The van der Waals surface area contributed by atoms with Crippen LogP contribution in [0.1, 0.15) is 13.3 Å². The Hall–Kier alpha value is -0.660. The molecule has 0 unspecified atom stereocenters. The van der Waals surface area contributed by atoms with Crippen LogP contribution >= 0.6 is 0 Å². The molecule has 2 heteroatoms. The van der Waals surface area contributed by atoms with E-state index in [1.54, 1.807) is 6.92 Å². The molecule has 0 spiro atoms. The van der Waals surface area contributed by atoms with Gasteiger partial charge in [0.25, 0.3) is 0 Å². The molecular weight excluding hydrogens is 90.1 g/mol. The minimum atomic E-state index is 0.174. The Morgan fingerprint density at radius 1 is 1.86 bits per heavy atom. The summed E-state index contributed by atoms with van der Waals surface area (Å²) in [6.45, 7) is 5.34. The van der Waals surface area contributed by atoms with E-state index in [1.807, 2.05) is 0 Å². The third-order valence-corrected chi connectivity index (χ3v) is 0.622. The molecule has 0 saturated carbocycles. The number of aliphatic imine (C=N–C) groups is 1. The topological polar surface area (TPSA) is 29.4 Å². The zero-order valence-corrected chi connectivity index (χ0v) is 4.48. The van der Waals surface area contributed by atoms with E-state index in [9.17, 15) is 4.79 Å². The maximum atomic E-state index is 10.1. The van der Waals surface area contributed by atoms with Crippen molar-refractivity contribution in [1.82, 2.24) is 0 Å². The van der Waals surface area contributed by atoms with Crippen molar-refractivity contribution in [3.05, 3.63) is 0 Å². The third-order valence-electron chi connectivity index (χ3n) is 0.622. The largest absolute Gasteiger partial charge is 0.300 e. The van der Waals surface area contributed by atoms with Crippen LogP contribution in [0.15, 0.2) is 4.99 Å². The van der Waals surface area contributed by atoms with Crippen molar-refractivity contribution in [2.75, 3.05) is 6.54 Å². The van der Waals surface area contributed by atoms with Gasteiger partial charge in [-0.2, -0.15) is 0 Å². The molecule has 0 radical (unpaired) electrons. The minimum absolute atomic E-state index is 0.174. The molecule has 0 aliphatic carbocycles. The molecule has 0 aromatic heterocycles. The summed E-state index contributed by atoms with van der Waals surface area (Å²) >= 11 is 0. The zero-order valence-electron chi connectivity index (χ0n) is 4.48. The fourth-order valence-corrected chi connectivity index (χ4v) is 0.237. The Morgan fingerprint density at radius 3 is 2.57 bits per heavy atom. The van der Waals surface area contributed by atoms with E-state index in [2.05, 4.69) is 11.7 Å². The summed E-state index contributed by atoms with van der Waals surface area (Å²) in [7, 11) is 0. The molecule has 0 atom stereocenters. The second-order valence-electron chi connectivity index (χ2n) is 1.40. The van der Waals surface area contributed by atoms with E-state index in [1.165, 1.54) is 0 Å². The molecule has 0 aromatic carbocycles. The normalized spacial score (nSPS) is 8.14. The first-order chi connectivity index (χ1) is 3.27. The summed E-state index contributed by atoms with van der Waals surface area (Å²) in [6.07, 6.45) is 0.531. The summed E-state index contributed by atoms with van der Waals surface area (Å²) in [4.78, 5) is 13.6. The summed E-state index contributed by atoms with van der Waals surface area (Å²) < 4.78 is 0. The van der Waals surface area contributed by atoms with Crippen LogP contribution in [0.25, 0.3) is 0 Å². The van der Waals surface area contributed by atoms with Gasteiger partial charge in [0.2, 0.25) is 0 Å². The molecule has 0 rings (SSSR count). The van der Waals surface area contributed by atoms with Gasteiger partial charge in [-0.25, -0.2) is 0 Å². The van der Waals surface area contributed by atoms with Gasteiger partial charge >= 0.3 is 0 Å². The Bertz CT molecular complexity index is 78.1. The van der Waals surface area contributed by atoms with Gasteiger partial charge in [-0.15, -0.1) is 0 Å². The quantitative estimate of drug-likeness (QED) is 0.478. The van der Waals surface area contributed by atoms with Crippen molar-refractivity contribution in [1.29, 1.82) is 0 Å². The number of hydrogen-bond donors (Lipinski definition) is 0. The van der Waals surface area contributed by atoms with Gasteiger partial charge in [0.15, 0.2) is 0 Å². The van der Waals surface area contributed by atoms with E-state index >= 15 is 0 Å². The zero-order chi connectivity index (χ0) is 5.70. The van der Waals surface area contributed by atoms with Crippen LogP contribution in [-0.2, 0) is 4.79 Å². The number of carbonyl (C=O) groups is 1. The molecule has 0 heterocycles. The number of Topliss-reactive ketones (excluding diaryl/α,β-unsaturated/α-hetero) is 1. The van der Waals surface area contributed by atoms with Crippen molar-refractivity contribution in [2.24, 2.45) is 4.99 Å². The highest BCUT2D eigenvalue weighted by molar-refractivity contribution is 5.75. The Kier molecular flexibility index (Phi) is 3.19. The van der Waals surface area contributed by atoms with Crippen molar-refractivity contribution < 1.29 is 4.79 Å². The van der Waals surface area contributed by atoms with E-state index in [-0.39, 0.29) is 5.78 Å². The van der Waals surface area contributed by atoms with Gasteiger partial charge in [0, 0.05) is 13.0 Å². The van der Waals surface area contributed by atoms with Gasteiger partial charge in [-0.1, -0.05) is 0 Å². The molecule has 0 bridgehead atoms. The van der Waals surface area contributed by atoms with E-state index in [0.717, 1.165) is 0 Å². The van der Waals surface area contributed by atoms with Crippen LogP contribution in [0.4, 0.5) is 0 Å². The number of hydrogen-bond acceptors (Lipinski definition) is 2. The average molecular weight is 99.1 g/mol. The van der Waals surface area contributed by atoms with Crippen molar-refractivity contribution >= 4 is 12.5 Å². The first-order valence-corrected chi connectivity index (χ1v) is 2.19. The molecule has 7 heavy (non-hydrogen) atoms. The van der Waals surface area contributed by atoms with Gasteiger partial charge in [0.05, 0.1) is 0 Å². The molecular formula is C5H9NO. The van der Waals surface area contributed by atoms with Gasteiger partial charge in [-0.3, -0.25) is 4.79 Å². The number of carbonyl (C=O) groups excluding carboxylic acids is 1. The maximum absolute atomic E-state index is 10.1. The highest BCUT2D eigenvalue weighted by atomic mass is 16.1. The molecule has 0 N–H and O–H groups in total. The van der Waals surface area contributed by atoms with Crippen LogP contribution in [0.5, 0.6) is 0 Å². The van der Waals surface area contributed by atoms with Crippen LogP contribution in [-0.4, -0.2) is 19.0 Å². The third kappa shape index (κ3) is 5.34. The number of rotatable bonds is 3. The van der Waals surface area contributed by atoms with E-state index in [4.69, 9.17) is 0 Å². The van der Waals surface area contributed by atoms with Crippen molar-refractivity contribution in [2.45, 2.75) is 13.3 Å². The number of nitrogens with zero attached hydrogens (tertiary/aromatic N) is 1. The summed E-state index contributed by atoms with van der Waals surface area (Å²) in [6, 6.07) is 0. The molecule has 0 aliphatic rings. The maximum Gasteiger partial charge on any atom is 0.131 e. The number of ketones is 1. The van der Waals surface area contributed by atoms with Crippen LogP contribution < -0.4 is 0 Å². The fraction of sp³-hybridized carbons (Fsp3) is 0.600. The first kappa shape index (κ1) is 6.34. The Morgan fingerprint density at radius 2 is 2.43 bits per heavy atom. The lowest BCUT2D eigenvalue weighted by Gasteiger charge is -1.83. The monoisotopic (exact) mass is 99.1 g/mol. The SMILES string of the molecule is C=NCCC(C)=O. The van der Waals surface area contributed by atoms with E-state index in [0.29, 0.717) is 13.0 Å². The van der Waals surface area contributed by atoms with Gasteiger partial charge in [0.1, 0.15) is 5.78 Å². The smallest absolute Gasteiger partial charge is 0.131 e. The van der Waals surface area contributed by atoms with Crippen molar-refractivity contribution in [3.63, 3.8) is 0 Å². The second-order valence-corrected chi connectivity index (χ2v) is 1.40. The molecule has 40 valence electrons. The standard InChI is InChI=1S/C5H9NO/c1-5(7)3-4-6-2/h2-4H2,1H3. The molecule has 0 aromatic rings. The van der Waals surface area contributed by atoms with Crippen LogP contribution in [0.2, 0.25) is 0 Å². The molecule has 0 amide bonds. The lowest BCUT2D eigenvalue weighted by Crippen LogP contribution is -1.90. The highest BCUT2D eigenvalue weighted by Crippen LogP contribution is 1.79. The van der Waals surface area contributed by atoms with Crippen molar-refractivity contribution in [3.8, 4) is 0 Å². The lowest BCUT2D eigenvalue weighted by molar-refractivity contribution is -0.116. The highest BCUT2D eigenvalue weighted by Gasteiger charge is 1.86. The second kappa shape index (κ2) is 3.53. The Labute approximate surface area is 43.3 Å². The summed E-state index contributed by atoms with van der Waals surface area (Å²) in [5.74, 6) is 0.174. The minimum Gasteiger partial charge on any atom is -0.300 e. The van der Waals surface area contributed by atoms with Crippen LogP contribution in [0.3, 0.4) is 0 Å². The van der Waals surface area contributed by atoms with Gasteiger partial charge < -0.3 is 4.99 Å². The lowest BCUT2D eigenvalue weighted by atomic mass is 10.3. The predicted molar refractivity (Wildman–Crippen MR) is 29.7 cm³/mol.